The highest BCUT2D eigenvalue weighted by molar-refractivity contribution is 5.90. The minimum Gasteiger partial charge on any atom is -0.491 e. The summed E-state index contributed by atoms with van der Waals surface area (Å²) in [6, 6.07) is 9.71. The van der Waals surface area contributed by atoms with Crippen molar-refractivity contribution in [3.8, 4) is 5.75 Å². The Morgan fingerprint density at radius 3 is 2.82 bits per heavy atom. The first-order valence-corrected chi connectivity index (χ1v) is 13.1. The highest BCUT2D eigenvalue weighted by Gasteiger charge is 2.46. The minimum absolute atomic E-state index is 0.0235. The Hall–Kier alpha value is -3.54. The Balaban J connectivity index is 1.11. The molecule has 3 saturated heterocycles. The van der Waals surface area contributed by atoms with E-state index in [1.807, 2.05) is 30.3 Å². The molecule has 3 N–H and O–H groups in total. The number of hydrogen-bond acceptors (Lipinski definition) is 9. The highest BCUT2D eigenvalue weighted by Crippen LogP contribution is 2.40. The Labute approximate surface area is 218 Å². The van der Waals surface area contributed by atoms with E-state index in [4.69, 9.17) is 24.9 Å². The number of aliphatic hydroxyl groups excluding tert-OH is 1. The van der Waals surface area contributed by atoms with E-state index in [1.165, 1.54) is 12.7 Å². The SMILES string of the molecule is Nc1ncnc2c1c([C@H]1CCCO1)cn2[C@@H]1O[C@H](COc2ccc3ccc(N4CCC4)nc3c2)[C@@H](O)[C@@H]1F. The van der Waals surface area contributed by atoms with Crippen LogP contribution >= 0.6 is 0 Å². The largest absolute Gasteiger partial charge is 0.491 e. The van der Waals surface area contributed by atoms with Crippen molar-refractivity contribution >= 4 is 33.6 Å². The van der Waals surface area contributed by atoms with Crippen LogP contribution in [-0.4, -0.2) is 69.3 Å². The number of nitrogens with two attached hydrogens (primary N) is 1. The topological polar surface area (TPSA) is 121 Å². The number of alkyl halides is 1. The second-order valence-corrected chi connectivity index (χ2v) is 10.1. The van der Waals surface area contributed by atoms with Crippen LogP contribution in [0.15, 0.2) is 42.9 Å². The van der Waals surface area contributed by atoms with Gasteiger partial charge in [0.25, 0.3) is 0 Å². The van der Waals surface area contributed by atoms with E-state index in [-0.39, 0.29) is 12.7 Å². The van der Waals surface area contributed by atoms with Gasteiger partial charge < -0.3 is 34.5 Å². The van der Waals surface area contributed by atoms with Crippen LogP contribution in [0.2, 0.25) is 0 Å². The molecule has 0 radical (unpaired) electrons. The van der Waals surface area contributed by atoms with Crippen molar-refractivity contribution in [1.82, 2.24) is 19.5 Å². The van der Waals surface area contributed by atoms with E-state index in [0.29, 0.717) is 29.2 Å². The van der Waals surface area contributed by atoms with Gasteiger partial charge >= 0.3 is 0 Å². The molecule has 0 saturated carbocycles. The molecule has 6 heterocycles. The molecule has 0 spiro atoms. The molecule has 3 aromatic heterocycles. The van der Waals surface area contributed by atoms with E-state index in [2.05, 4.69) is 14.9 Å². The third-order valence-corrected chi connectivity index (χ3v) is 7.76. The van der Waals surface area contributed by atoms with Gasteiger partial charge in [-0.1, -0.05) is 0 Å². The summed E-state index contributed by atoms with van der Waals surface area (Å²) in [5.74, 6) is 1.83. The molecule has 10 nitrogen and oxygen atoms in total. The molecule has 7 rings (SSSR count). The van der Waals surface area contributed by atoms with Crippen molar-refractivity contribution < 1.29 is 23.7 Å². The summed E-state index contributed by atoms with van der Waals surface area (Å²) >= 11 is 0. The lowest BCUT2D eigenvalue weighted by Crippen LogP contribution is -2.37. The van der Waals surface area contributed by atoms with Crippen molar-refractivity contribution in [2.24, 2.45) is 0 Å². The second-order valence-electron chi connectivity index (χ2n) is 10.1. The van der Waals surface area contributed by atoms with Crippen molar-refractivity contribution in [2.45, 2.75) is 50.0 Å². The average molecular weight is 521 g/mol. The Kier molecular flexibility index (Phi) is 5.79. The first-order valence-electron chi connectivity index (χ1n) is 13.1. The molecule has 11 heteroatoms. The van der Waals surface area contributed by atoms with E-state index in [9.17, 15) is 5.11 Å². The smallest absolute Gasteiger partial charge is 0.173 e. The minimum atomic E-state index is -1.69. The lowest BCUT2D eigenvalue weighted by atomic mass is 10.1. The number of ether oxygens (including phenoxy) is 3. The van der Waals surface area contributed by atoms with Gasteiger partial charge in [0, 0.05) is 42.9 Å². The van der Waals surface area contributed by atoms with Crippen LogP contribution in [0.1, 0.15) is 37.2 Å². The third-order valence-electron chi connectivity index (χ3n) is 7.76. The molecular formula is C27H29FN6O4. The molecule has 38 heavy (non-hydrogen) atoms. The molecule has 5 atom stereocenters. The number of benzene rings is 1. The summed E-state index contributed by atoms with van der Waals surface area (Å²) in [4.78, 5) is 15.5. The predicted octanol–water partition coefficient (Wildman–Crippen LogP) is 3.30. The van der Waals surface area contributed by atoms with Crippen LogP contribution in [-0.2, 0) is 9.47 Å². The zero-order valence-electron chi connectivity index (χ0n) is 20.7. The van der Waals surface area contributed by atoms with E-state index < -0.39 is 24.6 Å². The first-order chi connectivity index (χ1) is 18.6. The quantitative estimate of drug-likeness (QED) is 0.394. The Morgan fingerprint density at radius 1 is 1.16 bits per heavy atom. The number of aliphatic hydroxyl groups is 1. The highest BCUT2D eigenvalue weighted by atomic mass is 19.1. The summed E-state index contributed by atoms with van der Waals surface area (Å²) in [6.07, 6.45) is 0.839. The van der Waals surface area contributed by atoms with Crippen LogP contribution in [0, 0.1) is 0 Å². The van der Waals surface area contributed by atoms with Gasteiger partial charge in [-0.25, -0.2) is 19.3 Å². The van der Waals surface area contributed by atoms with Crippen molar-refractivity contribution in [1.29, 1.82) is 0 Å². The number of aromatic nitrogens is 4. The number of fused-ring (bicyclic) bond motifs is 2. The second kappa shape index (κ2) is 9.33. The summed E-state index contributed by atoms with van der Waals surface area (Å²) in [7, 11) is 0. The van der Waals surface area contributed by atoms with Gasteiger partial charge in [-0.2, -0.15) is 0 Å². The number of halogens is 1. The van der Waals surface area contributed by atoms with Crippen molar-refractivity contribution in [3.05, 3.63) is 48.4 Å². The maximum absolute atomic E-state index is 15.5. The summed E-state index contributed by atoms with van der Waals surface area (Å²) < 4.78 is 34.9. The van der Waals surface area contributed by atoms with Crippen LogP contribution in [0.3, 0.4) is 0 Å². The van der Waals surface area contributed by atoms with Gasteiger partial charge in [0.2, 0.25) is 0 Å². The maximum atomic E-state index is 15.5. The van der Waals surface area contributed by atoms with Gasteiger partial charge in [-0.05, 0) is 43.5 Å². The number of anilines is 2. The van der Waals surface area contributed by atoms with Crippen molar-refractivity contribution in [3.63, 3.8) is 0 Å². The molecule has 3 aliphatic rings. The third kappa shape index (κ3) is 3.93. The van der Waals surface area contributed by atoms with Gasteiger partial charge in [0.15, 0.2) is 12.4 Å². The summed E-state index contributed by atoms with van der Waals surface area (Å²) in [6.45, 7) is 2.66. The van der Waals surface area contributed by atoms with Gasteiger partial charge in [0.1, 0.15) is 48.2 Å². The zero-order chi connectivity index (χ0) is 25.8. The molecule has 198 valence electrons. The molecule has 0 unspecified atom stereocenters. The standard InChI is InChI=1S/C27H29FN6O4/c28-23-24(35)20(13-37-16-6-4-15-5-7-21(32-18(15)11-16)33-8-2-9-33)38-27(23)34-12-17(19-3-1-10-36-19)22-25(29)30-14-31-26(22)34/h4-7,11-12,14,19-20,23-24,27,35H,1-3,8-10,13H2,(H2,29,30,31)/t19-,20-,23+,24-,27-/m1/s1. The number of rotatable bonds is 6. The maximum Gasteiger partial charge on any atom is 0.173 e. The Bertz CT molecular complexity index is 1490. The van der Waals surface area contributed by atoms with Crippen LogP contribution < -0.4 is 15.4 Å². The summed E-state index contributed by atoms with van der Waals surface area (Å²) in [5, 5.41) is 12.4. The Morgan fingerprint density at radius 2 is 2.03 bits per heavy atom. The fraction of sp³-hybridized carbons (Fsp3) is 0.444. The van der Waals surface area contributed by atoms with Crippen LogP contribution in [0.25, 0.3) is 21.9 Å². The molecular weight excluding hydrogens is 491 g/mol. The molecule has 0 aliphatic carbocycles. The monoisotopic (exact) mass is 520 g/mol. The fourth-order valence-corrected chi connectivity index (χ4v) is 5.54. The number of nitrogen functional groups attached to an aromatic ring is 1. The normalized spacial score (nSPS) is 27.3. The molecule has 0 amide bonds. The van der Waals surface area contributed by atoms with Gasteiger partial charge in [-0.15, -0.1) is 0 Å². The zero-order valence-corrected chi connectivity index (χ0v) is 20.7. The predicted molar refractivity (Wildman–Crippen MR) is 139 cm³/mol. The summed E-state index contributed by atoms with van der Waals surface area (Å²) in [5.41, 5.74) is 8.26. The molecule has 1 aromatic carbocycles. The first kappa shape index (κ1) is 23.6. The van der Waals surface area contributed by atoms with E-state index in [0.717, 1.165) is 48.2 Å². The molecule has 4 aromatic rings. The van der Waals surface area contributed by atoms with Crippen LogP contribution in [0.4, 0.5) is 16.0 Å². The van der Waals surface area contributed by atoms with Crippen molar-refractivity contribution in [2.75, 3.05) is 36.9 Å². The van der Waals surface area contributed by atoms with Gasteiger partial charge in [0.05, 0.1) is 17.0 Å². The number of pyridine rings is 1. The average Bonchev–Trinajstić information content (AvgIpc) is 3.61. The lowest BCUT2D eigenvalue weighted by Gasteiger charge is -2.32. The van der Waals surface area contributed by atoms with E-state index >= 15 is 4.39 Å². The fourth-order valence-electron chi connectivity index (χ4n) is 5.54. The van der Waals surface area contributed by atoms with Gasteiger partial charge in [-0.3, -0.25) is 0 Å². The molecule has 3 aliphatic heterocycles. The number of nitrogens with zero attached hydrogens (tertiary/aromatic N) is 5. The lowest BCUT2D eigenvalue weighted by molar-refractivity contribution is -0.0412. The van der Waals surface area contributed by atoms with Crippen LogP contribution in [0.5, 0.6) is 5.75 Å². The number of hydrogen-bond donors (Lipinski definition) is 2. The molecule has 0 bridgehead atoms. The molecule has 3 fully saturated rings. The van der Waals surface area contributed by atoms with E-state index in [1.54, 1.807) is 10.8 Å².